The van der Waals surface area contributed by atoms with Crippen LogP contribution in [0.1, 0.15) is 58.8 Å². The van der Waals surface area contributed by atoms with Crippen LogP contribution in [-0.2, 0) is 4.74 Å². The number of hydrogen-bond donors (Lipinski definition) is 5. The summed E-state index contributed by atoms with van der Waals surface area (Å²) >= 11 is 12.9. The van der Waals surface area contributed by atoms with Gasteiger partial charge in [0, 0.05) is 55.2 Å². The van der Waals surface area contributed by atoms with Crippen molar-refractivity contribution in [3.8, 4) is 11.3 Å². The monoisotopic (exact) mass is 551 g/mol. The second-order valence-electron chi connectivity index (χ2n) is 10.6. The van der Waals surface area contributed by atoms with E-state index < -0.39 is 0 Å². The summed E-state index contributed by atoms with van der Waals surface area (Å²) in [4.78, 5) is 13.5. The van der Waals surface area contributed by atoms with Crippen molar-refractivity contribution in [1.29, 1.82) is 0 Å². The van der Waals surface area contributed by atoms with Gasteiger partial charge in [0.25, 0.3) is 0 Å². The molecule has 1 unspecified atom stereocenters. The van der Waals surface area contributed by atoms with Gasteiger partial charge in [-0.2, -0.15) is 0 Å². The lowest BCUT2D eigenvalue weighted by atomic mass is 9.90. The van der Waals surface area contributed by atoms with E-state index in [1.165, 1.54) is 0 Å². The number of anilines is 2. The molecule has 0 radical (unpaired) electrons. The highest BCUT2D eigenvalue weighted by Gasteiger charge is 2.28. The van der Waals surface area contributed by atoms with E-state index in [4.69, 9.17) is 38.7 Å². The molecule has 2 aromatic rings. The van der Waals surface area contributed by atoms with Crippen molar-refractivity contribution in [2.45, 2.75) is 88.6 Å². The highest BCUT2D eigenvalue weighted by molar-refractivity contribution is 6.33. The number of halogens is 2. The Bertz CT molecular complexity index is 1030. The number of ether oxygens (including phenoxy) is 1. The van der Waals surface area contributed by atoms with Crippen LogP contribution in [0.25, 0.3) is 11.3 Å². The molecule has 0 amide bonds. The van der Waals surface area contributed by atoms with E-state index in [1.54, 1.807) is 12.4 Å². The van der Waals surface area contributed by atoms with Gasteiger partial charge in [-0.3, -0.25) is 0 Å². The molecular weight excluding hydrogens is 513 g/mol. The lowest BCUT2D eigenvalue weighted by Crippen LogP contribution is -2.50. The molecule has 11 heteroatoms. The maximum Gasteiger partial charge on any atom is 0.171 e. The first-order valence-electron chi connectivity index (χ1n) is 13.2. The second kappa shape index (κ2) is 12.9. The lowest BCUT2D eigenvalue weighted by molar-refractivity contribution is 0.0574. The molecule has 1 aliphatic carbocycles. The molecule has 6 N–H and O–H groups in total. The highest BCUT2D eigenvalue weighted by atomic mass is 35.5. The number of aliphatic hydroxyl groups is 1. The van der Waals surface area contributed by atoms with E-state index in [-0.39, 0.29) is 16.8 Å². The number of nitrogens with two attached hydrogens (primary N) is 1. The zero-order valence-electron chi connectivity index (χ0n) is 21.6. The van der Waals surface area contributed by atoms with Crippen LogP contribution in [0.2, 0.25) is 10.2 Å². The Morgan fingerprint density at radius 1 is 1.11 bits per heavy atom. The fourth-order valence-corrected chi connectivity index (χ4v) is 5.50. The summed E-state index contributed by atoms with van der Waals surface area (Å²) in [6.45, 7) is 5.80. The zero-order valence-corrected chi connectivity index (χ0v) is 23.2. The third-order valence-electron chi connectivity index (χ3n) is 7.25. The summed E-state index contributed by atoms with van der Waals surface area (Å²) in [5, 5.41) is 20.9. The topological polar surface area (TPSA) is 130 Å². The molecule has 3 heterocycles. The number of nitrogens with one attached hydrogen (secondary N) is 3. The fourth-order valence-electron chi connectivity index (χ4n) is 5.14. The van der Waals surface area contributed by atoms with Crippen LogP contribution in [0.4, 0.5) is 11.6 Å². The van der Waals surface area contributed by atoms with E-state index in [2.05, 4.69) is 32.8 Å². The van der Waals surface area contributed by atoms with Gasteiger partial charge in [0.1, 0.15) is 5.82 Å². The normalized spacial score (nSPS) is 23.3. The van der Waals surface area contributed by atoms with Crippen molar-refractivity contribution in [2.24, 2.45) is 5.73 Å². The molecule has 1 saturated heterocycles. The molecule has 1 saturated carbocycles. The summed E-state index contributed by atoms with van der Waals surface area (Å²) in [7, 11) is 0. The lowest BCUT2D eigenvalue weighted by Gasteiger charge is -2.33. The maximum absolute atomic E-state index is 9.61. The van der Waals surface area contributed by atoms with Gasteiger partial charge in [0.2, 0.25) is 0 Å². The predicted octanol–water partition coefficient (Wildman–Crippen LogP) is 4.24. The Balaban J connectivity index is 1.38. The van der Waals surface area contributed by atoms with Crippen LogP contribution < -0.4 is 21.7 Å². The van der Waals surface area contributed by atoms with Crippen molar-refractivity contribution in [3.05, 3.63) is 28.6 Å². The van der Waals surface area contributed by atoms with Gasteiger partial charge in [0.15, 0.2) is 11.0 Å². The third-order valence-corrected chi connectivity index (χ3v) is 7.83. The van der Waals surface area contributed by atoms with E-state index in [1.807, 2.05) is 13.0 Å². The average molecular weight is 553 g/mol. The van der Waals surface area contributed by atoms with Crippen molar-refractivity contribution in [3.63, 3.8) is 0 Å². The zero-order chi connectivity index (χ0) is 26.4. The minimum atomic E-state index is -0.367. The standard InChI is InChI=1S/C26H39Cl2N7O2/c1-16(11-17(2)36)33-18-3-5-19(6-4-18)34-23-12-20(21(27)13-30-23)22-14-31-24(28)25(35-22)32-15-26(29)7-9-37-10-8-26/h12-14,16-19,33,36H,3-11,15,29H2,1-2H3,(H,30,34)(H,32,35)/t16-,17?,18-,19-/m1/s1. The summed E-state index contributed by atoms with van der Waals surface area (Å²) in [6.07, 6.45) is 9.53. The van der Waals surface area contributed by atoms with Crippen LogP contribution in [0.5, 0.6) is 0 Å². The van der Waals surface area contributed by atoms with Crippen LogP contribution in [0.15, 0.2) is 18.5 Å². The summed E-state index contributed by atoms with van der Waals surface area (Å²) in [5.41, 5.74) is 7.49. The van der Waals surface area contributed by atoms with Crippen molar-refractivity contribution in [1.82, 2.24) is 20.3 Å². The molecule has 2 aromatic heterocycles. The number of aromatic nitrogens is 3. The van der Waals surface area contributed by atoms with E-state index in [0.29, 0.717) is 54.4 Å². The SMILES string of the molecule is CC(O)C[C@@H](C)N[C@H]1CC[C@H](Nc2cc(-c3cnc(Cl)c(NCC4(N)CCOCC4)n3)c(Cl)cn2)CC1. The maximum atomic E-state index is 9.61. The molecule has 9 nitrogen and oxygen atoms in total. The van der Waals surface area contributed by atoms with Gasteiger partial charge >= 0.3 is 0 Å². The minimum Gasteiger partial charge on any atom is -0.393 e. The molecule has 1 aliphatic heterocycles. The average Bonchev–Trinajstić information content (AvgIpc) is 2.86. The van der Waals surface area contributed by atoms with Gasteiger partial charge in [-0.25, -0.2) is 15.0 Å². The number of hydrogen-bond acceptors (Lipinski definition) is 9. The van der Waals surface area contributed by atoms with Crippen LogP contribution in [0.3, 0.4) is 0 Å². The van der Waals surface area contributed by atoms with Gasteiger partial charge in [-0.15, -0.1) is 0 Å². The summed E-state index contributed by atoms with van der Waals surface area (Å²) in [5.74, 6) is 1.24. The first-order chi connectivity index (χ1) is 17.7. The number of aliphatic hydroxyl groups excluding tert-OH is 1. The molecule has 0 spiro atoms. The summed E-state index contributed by atoms with van der Waals surface area (Å²) in [6, 6.07) is 3.04. The Morgan fingerprint density at radius 2 is 1.81 bits per heavy atom. The van der Waals surface area contributed by atoms with Crippen molar-refractivity contribution < 1.29 is 9.84 Å². The fraction of sp³-hybridized carbons (Fsp3) is 0.654. The Kier molecular flexibility index (Phi) is 9.83. The largest absolute Gasteiger partial charge is 0.393 e. The quantitative estimate of drug-likeness (QED) is 0.294. The van der Waals surface area contributed by atoms with Crippen molar-refractivity contribution in [2.75, 3.05) is 30.4 Å². The number of nitrogens with zero attached hydrogens (tertiary/aromatic N) is 3. The highest BCUT2D eigenvalue weighted by Crippen LogP contribution is 2.31. The van der Waals surface area contributed by atoms with Crippen molar-refractivity contribution >= 4 is 34.8 Å². The molecule has 37 heavy (non-hydrogen) atoms. The first-order valence-corrected chi connectivity index (χ1v) is 14.0. The minimum absolute atomic E-state index is 0.285. The van der Waals surface area contributed by atoms with Gasteiger partial charge in [-0.05, 0) is 64.9 Å². The van der Waals surface area contributed by atoms with Gasteiger partial charge < -0.3 is 31.5 Å². The molecular formula is C26H39Cl2N7O2. The molecule has 2 aliphatic rings. The number of pyridine rings is 1. The molecule has 2 fully saturated rings. The number of rotatable bonds is 10. The van der Waals surface area contributed by atoms with E-state index in [0.717, 1.165) is 56.3 Å². The molecule has 204 valence electrons. The Labute approximate surface area is 229 Å². The Morgan fingerprint density at radius 3 is 2.51 bits per heavy atom. The van der Waals surface area contributed by atoms with Gasteiger partial charge in [-0.1, -0.05) is 23.2 Å². The smallest absolute Gasteiger partial charge is 0.171 e. The van der Waals surface area contributed by atoms with Crippen LogP contribution in [0, 0.1) is 0 Å². The Hall–Kier alpha value is -1.75. The van der Waals surface area contributed by atoms with Crippen LogP contribution >= 0.6 is 23.2 Å². The van der Waals surface area contributed by atoms with Crippen LogP contribution in [-0.4, -0.2) is 69.6 Å². The van der Waals surface area contributed by atoms with E-state index in [9.17, 15) is 5.11 Å². The molecule has 0 bridgehead atoms. The predicted molar refractivity (Wildman–Crippen MR) is 149 cm³/mol. The molecule has 4 rings (SSSR count). The molecule has 2 atom stereocenters. The third kappa shape index (κ3) is 8.12. The van der Waals surface area contributed by atoms with Gasteiger partial charge in [0.05, 0.1) is 23.0 Å². The first kappa shape index (κ1) is 28.3. The van der Waals surface area contributed by atoms with E-state index >= 15 is 0 Å². The second-order valence-corrected chi connectivity index (χ2v) is 11.4. The molecule has 0 aromatic carbocycles. The summed E-state index contributed by atoms with van der Waals surface area (Å²) < 4.78 is 5.43.